The molecule has 0 aromatic heterocycles. The minimum Gasteiger partial charge on any atom is -0.456 e. The normalized spacial score (nSPS) is 22.3. The molecular formula is C28H40FNO9. The van der Waals surface area contributed by atoms with E-state index >= 15 is 0 Å². The van der Waals surface area contributed by atoms with E-state index in [9.17, 15) is 23.6 Å². The van der Waals surface area contributed by atoms with Crippen LogP contribution in [-0.2, 0) is 49.3 Å². The van der Waals surface area contributed by atoms with Gasteiger partial charge in [-0.05, 0) is 31.7 Å². The second-order valence-electron chi connectivity index (χ2n) is 9.75. The molecule has 0 bridgehead atoms. The number of alkyl halides is 1. The van der Waals surface area contributed by atoms with E-state index in [-0.39, 0.29) is 32.3 Å². The molecule has 1 aliphatic rings. The molecule has 39 heavy (non-hydrogen) atoms. The number of hydrogen-bond donors (Lipinski definition) is 1. The molecule has 0 radical (unpaired) electrons. The quantitative estimate of drug-likeness (QED) is 0.270. The highest BCUT2D eigenvalue weighted by Crippen LogP contribution is 2.28. The summed E-state index contributed by atoms with van der Waals surface area (Å²) in [6.45, 7) is 5.66. The highest BCUT2D eigenvalue weighted by atomic mass is 19.1. The lowest BCUT2D eigenvalue weighted by Crippen LogP contribution is -2.61. The summed E-state index contributed by atoms with van der Waals surface area (Å²) in [6.07, 6.45) is -4.06. The van der Waals surface area contributed by atoms with Gasteiger partial charge in [-0.1, -0.05) is 50.6 Å². The van der Waals surface area contributed by atoms with E-state index in [1.165, 1.54) is 0 Å². The van der Waals surface area contributed by atoms with Gasteiger partial charge in [0.1, 0.15) is 12.2 Å². The average molecular weight is 554 g/mol. The van der Waals surface area contributed by atoms with Gasteiger partial charge >= 0.3 is 23.9 Å². The number of halogens is 1. The molecule has 2 N–H and O–H groups in total. The third-order valence-corrected chi connectivity index (χ3v) is 6.07. The Balaban J connectivity index is 2.34. The summed E-state index contributed by atoms with van der Waals surface area (Å²) >= 11 is 0. The highest BCUT2D eigenvalue weighted by Gasteiger charge is 2.51. The monoisotopic (exact) mass is 553 g/mol. The average Bonchev–Trinajstić information content (AvgIpc) is 2.89. The first-order valence-electron chi connectivity index (χ1n) is 13.4. The fourth-order valence-corrected chi connectivity index (χ4v) is 3.94. The van der Waals surface area contributed by atoms with Crippen molar-refractivity contribution in [3.63, 3.8) is 0 Å². The van der Waals surface area contributed by atoms with Crippen molar-refractivity contribution in [2.24, 2.45) is 5.73 Å². The van der Waals surface area contributed by atoms with Gasteiger partial charge in [-0.3, -0.25) is 14.4 Å². The first kappa shape index (κ1) is 32.2. The zero-order chi connectivity index (χ0) is 29.0. The summed E-state index contributed by atoms with van der Waals surface area (Å²) in [5.41, 5.74) is 5.67. The van der Waals surface area contributed by atoms with Crippen molar-refractivity contribution in [2.45, 2.75) is 103 Å². The van der Waals surface area contributed by atoms with E-state index in [1.807, 2.05) is 19.1 Å². The third-order valence-electron chi connectivity index (χ3n) is 6.07. The SMILES string of the molecule is CCCC(=O)OC1CO[C@@H](OC(=O)C(N)(CF)Cc2ccc(C)cc2)[C@H](OC(=O)CCC)[C@H]1OC(=O)CCC. The first-order chi connectivity index (χ1) is 18.6. The molecule has 5 atom stereocenters. The predicted molar refractivity (Wildman–Crippen MR) is 138 cm³/mol. The van der Waals surface area contributed by atoms with E-state index < -0.39 is 60.7 Å². The Morgan fingerprint density at radius 3 is 1.90 bits per heavy atom. The number of carbonyl (C=O) groups is 4. The number of rotatable bonds is 14. The van der Waals surface area contributed by atoms with E-state index in [1.54, 1.807) is 32.9 Å². The maximum absolute atomic E-state index is 14.2. The van der Waals surface area contributed by atoms with Crippen molar-refractivity contribution >= 4 is 23.9 Å². The Morgan fingerprint density at radius 2 is 1.38 bits per heavy atom. The van der Waals surface area contributed by atoms with Crippen LogP contribution in [0.3, 0.4) is 0 Å². The van der Waals surface area contributed by atoms with Crippen LogP contribution in [0.4, 0.5) is 4.39 Å². The van der Waals surface area contributed by atoms with E-state index in [0.717, 1.165) is 5.56 Å². The van der Waals surface area contributed by atoms with Crippen molar-refractivity contribution in [1.82, 2.24) is 0 Å². The van der Waals surface area contributed by atoms with Gasteiger partial charge < -0.3 is 29.4 Å². The molecule has 0 saturated carbocycles. The fraction of sp³-hybridized carbons (Fsp3) is 0.643. The van der Waals surface area contributed by atoms with Crippen LogP contribution in [0, 0.1) is 6.92 Å². The first-order valence-corrected chi connectivity index (χ1v) is 13.4. The molecule has 2 unspecified atom stereocenters. The molecule has 218 valence electrons. The molecule has 2 rings (SSSR count). The lowest BCUT2D eigenvalue weighted by atomic mass is 9.92. The maximum Gasteiger partial charge on any atom is 0.331 e. The Kier molecular flexibility index (Phi) is 12.8. The van der Waals surface area contributed by atoms with Crippen LogP contribution in [0.15, 0.2) is 24.3 Å². The molecule has 0 spiro atoms. The minimum absolute atomic E-state index is 0.0197. The second kappa shape index (κ2) is 15.5. The Bertz CT molecular complexity index is 970. The van der Waals surface area contributed by atoms with Crippen LogP contribution < -0.4 is 5.73 Å². The van der Waals surface area contributed by atoms with Crippen LogP contribution in [0.2, 0.25) is 0 Å². The number of carbonyl (C=O) groups excluding carboxylic acids is 4. The summed E-state index contributed by atoms with van der Waals surface area (Å²) < 4.78 is 41.9. The van der Waals surface area contributed by atoms with Crippen LogP contribution in [0.25, 0.3) is 0 Å². The topological polar surface area (TPSA) is 140 Å². The van der Waals surface area contributed by atoms with Crippen molar-refractivity contribution in [3.8, 4) is 0 Å². The van der Waals surface area contributed by atoms with E-state index in [4.69, 9.17) is 29.4 Å². The molecule has 1 aromatic carbocycles. The molecule has 0 amide bonds. The summed E-state index contributed by atoms with van der Waals surface area (Å²) in [5.74, 6) is -2.99. The largest absolute Gasteiger partial charge is 0.456 e. The van der Waals surface area contributed by atoms with E-state index in [0.29, 0.717) is 24.8 Å². The van der Waals surface area contributed by atoms with Crippen molar-refractivity contribution in [1.29, 1.82) is 0 Å². The Hall–Kier alpha value is -3.05. The van der Waals surface area contributed by atoms with Crippen molar-refractivity contribution in [2.75, 3.05) is 13.3 Å². The Morgan fingerprint density at radius 1 is 0.872 bits per heavy atom. The molecule has 1 aromatic rings. The molecular weight excluding hydrogens is 513 g/mol. The Labute approximate surface area is 228 Å². The zero-order valence-electron chi connectivity index (χ0n) is 23.1. The van der Waals surface area contributed by atoms with Crippen LogP contribution in [0.5, 0.6) is 0 Å². The second-order valence-corrected chi connectivity index (χ2v) is 9.75. The smallest absolute Gasteiger partial charge is 0.331 e. The molecule has 0 aliphatic carbocycles. The number of nitrogens with two attached hydrogens (primary N) is 1. The number of benzene rings is 1. The van der Waals surface area contributed by atoms with Crippen LogP contribution >= 0.6 is 0 Å². The molecule has 10 nitrogen and oxygen atoms in total. The van der Waals surface area contributed by atoms with Gasteiger partial charge in [0.05, 0.1) is 6.61 Å². The van der Waals surface area contributed by atoms with Gasteiger partial charge in [-0.15, -0.1) is 0 Å². The maximum atomic E-state index is 14.2. The minimum atomic E-state index is -2.06. The van der Waals surface area contributed by atoms with Gasteiger partial charge in [-0.25, -0.2) is 9.18 Å². The summed E-state index contributed by atoms with van der Waals surface area (Å²) in [7, 11) is 0. The highest BCUT2D eigenvalue weighted by molar-refractivity contribution is 5.81. The summed E-state index contributed by atoms with van der Waals surface area (Å²) in [4.78, 5) is 50.4. The van der Waals surface area contributed by atoms with Gasteiger partial charge in [0, 0.05) is 25.7 Å². The summed E-state index contributed by atoms with van der Waals surface area (Å²) in [6, 6.07) is 7.07. The lowest BCUT2D eigenvalue weighted by Gasteiger charge is -2.41. The number of esters is 4. The lowest BCUT2D eigenvalue weighted by molar-refractivity contribution is -0.277. The van der Waals surface area contributed by atoms with Gasteiger partial charge in [-0.2, -0.15) is 0 Å². The molecule has 1 saturated heterocycles. The number of aryl methyl sites for hydroxylation is 1. The number of ether oxygens (including phenoxy) is 5. The van der Waals surface area contributed by atoms with Crippen molar-refractivity contribution < 1.29 is 47.3 Å². The predicted octanol–water partition coefficient (Wildman–Crippen LogP) is 3.24. The van der Waals surface area contributed by atoms with Crippen LogP contribution in [0.1, 0.15) is 70.4 Å². The third kappa shape index (κ3) is 9.58. The van der Waals surface area contributed by atoms with E-state index in [2.05, 4.69) is 0 Å². The summed E-state index contributed by atoms with van der Waals surface area (Å²) in [5, 5.41) is 0. The van der Waals surface area contributed by atoms with Crippen molar-refractivity contribution in [3.05, 3.63) is 35.4 Å². The molecule has 11 heteroatoms. The standard InChI is InChI=1S/C28H40FNO9/c1-5-8-21(31)36-20-16-35-26(25(38-23(33)10-7-3)24(20)37-22(32)9-6-2)39-27(34)28(30,17-29)15-19-13-11-18(4)12-14-19/h11-14,20,24-26H,5-10,15-17,30H2,1-4H3/t20?,24-,25+,26-,28?/m0/s1. The molecule has 1 aliphatic heterocycles. The van der Waals surface area contributed by atoms with Crippen LogP contribution in [-0.4, -0.2) is 67.3 Å². The van der Waals surface area contributed by atoms with Gasteiger partial charge in [0.2, 0.25) is 12.4 Å². The fourth-order valence-electron chi connectivity index (χ4n) is 3.94. The molecule has 1 heterocycles. The number of hydrogen-bond acceptors (Lipinski definition) is 10. The van der Waals surface area contributed by atoms with Gasteiger partial charge in [0.15, 0.2) is 12.2 Å². The zero-order valence-corrected chi connectivity index (χ0v) is 23.1. The molecule has 1 fully saturated rings. The van der Waals surface area contributed by atoms with Gasteiger partial charge in [0.25, 0.3) is 0 Å².